The summed E-state index contributed by atoms with van der Waals surface area (Å²) in [6, 6.07) is 8.70. The number of hydrogen-bond acceptors (Lipinski definition) is 4. The number of halogens is 1. The molecule has 3 aliphatic rings. The average Bonchev–Trinajstić information content (AvgIpc) is 3.05. The molecule has 3 fully saturated rings. The zero-order valence-corrected chi connectivity index (χ0v) is 16.0. The monoisotopic (exact) mass is 377 g/mol. The van der Waals surface area contributed by atoms with E-state index in [4.69, 9.17) is 0 Å². The van der Waals surface area contributed by atoms with Crippen LogP contribution in [0.25, 0.3) is 0 Å². The molecule has 0 spiro atoms. The third-order valence-electron chi connectivity index (χ3n) is 5.40. The molecular formula is C19H24ClN3OS. The summed E-state index contributed by atoms with van der Waals surface area (Å²) in [5.41, 5.74) is 1.25. The quantitative estimate of drug-likeness (QED) is 0.889. The van der Waals surface area contributed by atoms with Crippen LogP contribution in [0.15, 0.2) is 36.7 Å². The van der Waals surface area contributed by atoms with E-state index in [1.807, 2.05) is 37.5 Å². The Bertz CT molecular complexity index is 712. The van der Waals surface area contributed by atoms with Crippen molar-refractivity contribution < 1.29 is 4.79 Å². The largest absolute Gasteiger partial charge is 0.347 e. The number of thiophene rings is 1. The van der Waals surface area contributed by atoms with Crippen molar-refractivity contribution in [2.45, 2.75) is 38.3 Å². The fourth-order valence-corrected chi connectivity index (χ4v) is 4.93. The van der Waals surface area contributed by atoms with Gasteiger partial charge >= 0.3 is 0 Å². The predicted molar refractivity (Wildman–Crippen MR) is 104 cm³/mol. The number of hydrogen-bond donors (Lipinski definition) is 1. The van der Waals surface area contributed by atoms with Crippen molar-refractivity contribution in [2.75, 3.05) is 13.1 Å². The molecule has 0 aliphatic carbocycles. The second-order valence-electron chi connectivity index (χ2n) is 6.92. The fraction of sp³-hybridized carbons (Fsp3) is 0.474. The minimum absolute atomic E-state index is 0. The van der Waals surface area contributed by atoms with Gasteiger partial charge in [0.05, 0.1) is 4.88 Å². The van der Waals surface area contributed by atoms with Crippen LogP contribution in [0.2, 0.25) is 0 Å². The van der Waals surface area contributed by atoms with Crippen LogP contribution in [0.4, 0.5) is 0 Å². The van der Waals surface area contributed by atoms with Gasteiger partial charge in [-0.1, -0.05) is 6.07 Å². The smallest absolute Gasteiger partial charge is 0.261 e. The van der Waals surface area contributed by atoms with Gasteiger partial charge in [-0.15, -0.1) is 23.7 Å². The zero-order chi connectivity index (χ0) is 16.5. The summed E-state index contributed by atoms with van der Waals surface area (Å²) in [4.78, 5) is 21.5. The normalized spacial score (nSPS) is 27.6. The molecule has 1 N–H and O–H groups in total. The molecular weight excluding hydrogens is 354 g/mol. The molecule has 3 saturated heterocycles. The van der Waals surface area contributed by atoms with Crippen molar-refractivity contribution in [1.29, 1.82) is 0 Å². The first-order chi connectivity index (χ1) is 11.7. The van der Waals surface area contributed by atoms with E-state index in [0.717, 1.165) is 24.4 Å². The lowest BCUT2D eigenvalue weighted by molar-refractivity contribution is 0.0137. The SMILES string of the molecule is Cc1ccc(C(=O)N[C@@H]2C3CCN(CC3)[C@@H]2Cc2cccnc2)s1.Cl. The number of carbonyl (C=O) groups is 1. The molecule has 2 bridgehead atoms. The van der Waals surface area contributed by atoms with Crippen molar-refractivity contribution in [3.8, 4) is 0 Å². The molecule has 0 unspecified atom stereocenters. The Balaban J connectivity index is 0.00000182. The van der Waals surface area contributed by atoms with Crippen molar-refractivity contribution in [1.82, 2.24) is 15.2 Å². The Hall–Kier alpha value is -1.43. The van der Waals surface area contributed by atoms with Gasteiger partial charge in [0.2, 0.25) is 0 Å². The highest BCUT2D eigenvalue weighted by Gasteiger charge is 2.42. The molecule has 25 heavy (non-hydrogen) atoms. The molecule has 1 amide bonds. The van der Waals surface area contributed by atoms with E-state index < -0.39 is 0 Å². The van der Waals surface area contributed by atoms with Crippen LogP contribution in [-0.4, -0.2) is 41.0 Å². The van der Waals surface area contributed by atoms with Crippen LogP contribution >= 0.6 is 23.7 Å². The molecule has 0 aromatic carbocycles. The van der Waals surface area contributed by atoms with E-state index in [0.29, 0.717) is 12.0 Å². The molecule has 5 heterocycles. The number of nitrogens with zero attached hydrogens (tertiary/aromatic N) is 2. The van der Waals surface area contributed by atoms with E-state index >= 15 is 0 Å². The summed E-state index contributed by atoms with van der Waals surface area (Å²) in [5, 5.41) is 3.36. The van der Waals surface area contributed by atoms with Crippen LogP contribution in [0.5, 0.6) is 0 Å². The summed E-state index contributed by atoms with van der Waals surface area (Å²) in [6.45, 7) is 4.35. The number of carbonyl (C=O) groups excluding carboxylic acids is 1. The van der Waals surface area contributed by atoms with Crippen LogP contribution in [0, 0.1) is 12.8 Å². The number of aryl methyl sites for hydroxylation is 1. The number of amides is 1. The lowest BCUT2D eigenvalue weighted by atomic mass is 9.77. The van der Waals surface area contributed by atoms with Crippen LogP contribution in [0.3, 0.4) is 0 Å². The summed E-state index contributed by atoms with van der Waals surface area (Å²) in [5.74, 6) is 0.685. The highest BCUT2D eigenvalue weighted by molar-refractivity contribution is 7.13. The topological polar surface area (TPSA) is 45.2 Å². The van der Waals surface area contributed by atoms with Gasteiger partial charge in [-0.2, -0.15) is 0 Å². The van der Waals surface area contributed by atoms with Gasteiger partial charge in [0.1, 0.15) is 0 Å². The van der Waals surface area contributed by atoms with Gasteiger partial charge in [0, 0.05) is 29.4 Å². The van der Waals surface area contributed by atoms with E-state index in [1.165, 1.54) is 23.3 Å². The van der Waals surface area contributed by atoms with Gasteiger partial charge in [0.25, 0.3) is 5.91 Å². The average molecular weight is 378 g/mol. The molecule has 0 saturated carbocycles. The van der Waals surface area contributed by atoms with Gasteiger partial charge in [-0.3, -0.25) is 14.7 Å². The van der Waals surface area contributed by atoms with Gasteiger partial charge in [-0.25, -0.2) is 0 Å². The lowest BCUT2D eigenvalue weighted by Crippen LogP contribution is -2.64. The molecule has 5 rings (SSSR count). The second kappa shape index (κ2) is 7.85. The van der Waals surface area contributed by atoms with Crippen molar-refractivity contribution in [3.05, 3.63) is 52.0 Å². The maximum Gasteiger partial charge on any atom is 0.261 e. The summed E-state index contributed by atoms with van der Waals surface area (Å²) < 4.78 is 0. The Kier molecular flexibility index (Phi) is 5.77. The van der Waals surface area contributed by atoms with Crippen molar-refractivity contribution >= 4 is 29.7 Å². The molecule has 134 valence electrons. The van der Waals surface area contributed by atoms with E-state index in [2.05, 4.69) is 21.3 Å². The Morgan fingerprint density at radius 2 is 2.12 bits per heavy atom. The summed E-state index contributed by atoms with van der Waals surface area (Å²) in [7, 11) is 0. The number of piperidine rings is 3. The maximum absolute atomic E-state index is 12.7. The lowest BCUT2D eigenvalue weighted by Gasteiger charge is -2.51. The minimum atomic E-state index is 0. The first kappa shape index (κ1) is 18.4. The Morgan fingerprint density at radius 1 is 1.32 bits per heavy atom. The van der Waals surface area contributed by atoms with Crippen LogP contribution < -0.4 is 5.32 Å². The third kappa shape index (κ3) is 3.89. The minimum Gasteiger partial charge on any atom is -0.347 e. The molecule has 0 radical (unpaired) electrons. The maximum atomic E-state index is 12.7. The number of rotatable bonds is 4. The van der Waals surface area contributed by atoms with E-state index in [1.54, 1.807) is 11.3 Å². The van der Waals surface area contributed by atoms with E-state index in [-0.39, 0.29) is 24.4 Å². The van der Waals surface area contributed by atoms with Crippen molar-refractivity contribution in [3.63, 3.8) is 0 Å². The van der Waals surface area contributed by atoms with Gasteiger partial charge < -0.3 is 5.32 Å². The highest BCUT2D eigenvalue weighted by atomic mass is 35.5. The summed E-state index contributed by atoms with van der Waals surface area (Å²) in [6.07, 6.45) is 7.11. The van der Waals surface area contributed by atoms with Crippen LogP contribution in [0.1, 0.15) is 33.0 Å². The van der Waals surface area contributed by atoms with Gasteiger partial charge in [0.15, 0.2) is 0 Å². The first-order valence-electron chi connectivity index (χ1n) is 8.71. The number of aromatic nitrogens is 1. The molecule has 6 heteroatoms. The Morgan fingerprint density at radius 3 is 2.76 bits per heavy atom. The summed E-state index contributed by atoms with van der Waals surface area (Å²) >= 11 is 1.57. The Labute approximate surface area is 159 Å². The number of fused-ring (bicyclic) bond motifs is 3. The molecule has 2 aromatic heterocycles. The molecule has 2 aromatic rings. The standard InChI is InChI=1S/C19H23N3OS.ClH/c1-13-4-5-17(24-13)19(23)21-18-15-6-9-22(10-7-15)16(18)11-14-3-2-8-20-12-14;/h2-5,8,12,15-16,18H,6-7,9-11H2,1H3,(H,21,23);1H/t16-,18-;/m1./s1. The second-order valence-corrected chi connectivity index (χ2v) is 8.20. The van der Waals surface area contributed by atoms with Crippen molar-refractivity contribution in [2.24, 2.45) is 5.92 Å². The number of pyridine rings is 1. The predicted octanol–water partition coefficient (Wildman–Crippen LogP) is 3.31. The fourth-order valence-electron chi connectivity index (χ4n) is 4.16. The zero-order valence-electron chi connectivity index (χ0n) is 14.4. The van der Waals surface area contributed by atoms with Gasteiger partial charge in [-0.05, 0) is 69.0 Å². The molecule has 4 nitrogen and oxygen atoms in total. The first-order valence-corrected chi connectivity index (χ1v) is 9.52. The molecule has 2 atom stereocenters. The van der Waals surface area contributed by atoms with Crippen LogP contribution in [-0.2, 0) is 6.42 Å². The van der Waals surface area contributed by atoms with E-state index in [9.17, 15) is 4.79 Å². The molecule has 3 aliphatic heterocycles. The number of nitrogens with one attached hydrogen (secondary N) is 1. The highest BCUT2D eigenvalue weighted by Crippen LogP contribution is 2.34. The third-order valence-corrected chi connectivity index (χ3v) is 6.39.